The SMILES string of the molecule is CCC1(CN2C3CCCC2CC(=O)C3)CCCC1. The van der Waals surface area contributed by atoms with Crippen molar-refractivity contribution in [3.05, 3.63) is 0 Å². The maximum absolute atomic E-state index is 11.8. The molecule has 0 N–H and O–H groups in total. The fraction of sp³-hybridized carbons (Fsp3) is 0.938. The first-order valence-electron chi connectivity index (χ1n) is 8.00. The average Bonchev–Trinajstić information content (AvgIpc) is 2.80. The minimum atomic E-state index is 0.526. The van der Waals surface area contributed by atoms with Crippen LogP contribution in [0, 0.1) is 5.41 Å². The van der Waals surface area contributed by atoms with E-state index in [1.807, 2.05) is 0 Å². The predicted molar refractivity (Wildman–Crippen MR) is 73.6 cm³/mol. The number of fused-ring (bicyclic) bond motifs is 2. The summed E-state index contributed by atoms with van der Waals surface area (Å²) in [5, 5.41) is 0. The van der Waals surface area contributed by atoms with Gasteiger partial charge in [0, 0.05) is 31.5 Å². The lowest BCUT2D eigenvalue weighted by atomic mass is 9.78. The van der Waals surface area contributed by atoms with Crippen molar-refractivity contribution in [3.8, 4) is 0 Å². The topological polar surface area (TPSA) is 20.3 Å². The van der Waals surface area contributed by atoms with Crippen LogP contribution in [0.25, 0.3) is 0 Å². The second kappa shape index (κ2) is 4.96. The molecule has 2 nitrogen and oxygen atoms in total. The quantitative estimate of drug-likeness (QED) is 0.762. The summed E-state index contributed by atoms with van der Waals surface area (Å²) >= 11 is 0. The summed E-state index contributed by atoms with van der Waals surface area (Å²) in [5.74, 6) is 0.526. The van der Waals surface area contributed by atoms with Gasteiger partial charge in [-0.15, -0.1) is 0 Å². The molecule has 0 spiro atoms. The van der Waals surface area contributed by atoms with Crippen LogP contribution in [0.1, 0.15) is 71.1 Å². The van der Waals surface area contributed by atoms with Gasteiger partial charge in [0.15, 0.2) is 0 Å². The summed E-state index contributed by atoms with van der Waals surface area (Å²) in [7, 11) is 0. The number of Topliss-reactive ketones (excluding diaryl/α,β-unsaturated/α-hetero) is 1. The number of rotatable bonds is 3. The van der Waals surface area contributed by atoms with E-state index in [-0.39, 0.29) is 0 Å². The summed E-state index contributed by atoms with van der Waals surface area (Å²) in [4.78, 5) is 14.5. The molecule has 2 bridgehead atoms. The van der Waals surface area contributed by atoms with Crippen LogP contribution in [-0.2, 0) is 4.79 Å². The van der Waals surface area contributed by atoms with E-state index in [0.29, 0.717) is 23.3 Å². The molecule has 1 saturated carbocycles. The predicted octanol–water partition coefficient (Wildman–Crippen LogP) is 3.54. The summed E-state index contributed by atoms with van der Waals surface area (Å²) in [6, 6.07) is 1.18. The molecule has 102 valence electrons. The molecule has 2 saturated heterocycles. The van der Waals surface area contributed by atoms with E-state index < -0.39 is 0 Å². The Morgan fingerprint density at radius 2 is 1.72 bits per heavy atom. The maximum atomic E-state index is 11.8. The van der Waals surface area contributed by atoms with Crippen molar-refractivity contribution in [1.82, 2.24) is 4.90 Å². The molecule has 3 fully saturated rings. The van der Waals surface area contributed by atoms with Crippen molar-refractivity contribution in [1.29, 1.82) is 0 Å². The monoisotopic (exact) mass is 249 g/mol. The molecule has 0 radical (unpaired) electrons. The Balaban J connectivity index is 1.73. The van der Waals surface area contributed by atoms with Crippen molar-refractivity contribution in [2.75, 3.05) is 6.54 Å². The summed E-state index contributed by atoms with van der Waals surface area (Å²) in [5.41, 5.74) is 0.591. The summed E-state index contributed by atoms with van der Waals surface area (Å²) in [6.45, 7) is 3.66. The van der Waals surface area contributed by atoms with Gasteiger partial charge in [0.25, 0.3) is 0 Å². The van der Waals surface area contributed by atoms with E-state index in [1.54, 1.807) is 0 Å². The van der Waals surface area contributed by atoms with Crippen molar-refractivity contribution >= 4 is 5.78 Å². The molecule has 2 atom stereocenters. The standard InChI is InChI=1S/C16H27NO/c1-2-16(8-3-4-9-16)12-17-13-6-5-7-14(17)11-15(18)10-13/h13-14H,2-12H2,1H3. The van der Waals surface area contributed by atoms with Crippen molar-refractivity contribution in [2.45, 2.75) is 83.2 Å². The van der Waals surface area contributed by atoms with Gasteiger partial charge in [-0.2, -0.15) is 0 Å². The Kier molecular flexibility index (Phi) is 3.48. The molecule has 18 heavy (non-hydrogen) atoms. The van der Waals surface area contributed by atoms with Gasteiger partial charge in [-0.1, -0.05) is 26.2 Å². The van der Waals surface area contributed by atoms with Gasteiger partial charge in [-0.25, -0.2) is 0 Å². The van der Waals surface area contributed by atoms with E-state index in [4.69, 9.17) is 0 Å². The van der Waals surface area contributed by atoms with Crippen LogP contribution in [0.4, 0.5) is 0 Å². The smallest absolute Gasteiger partial charge is 0.136 e. The fourth-order valence-electron chi connectivity index (χ4n) is 4.66. The molecule has 0 aromatic rings. The third-order valence-electron chi connectivity index (χ3n) is 5.87. The Bertz CT molecular complexity index is 303. The summed E-state index contributed by atoms with van der Waals surface area (Å²) in [6.07, 6.45) is 12.6. The van der Waals surface area contributed by atoms with E-state index in [2.05, 4.69) is 11.8 Å². The lowest BCUT2D eigenvalue weighted by molar-refractivity contribution is -0.128. The second-order valence-corrected chi connectivity index (χ2v) is 6.92. The average molecular weight is 249 g/mol. The highest BCUT2D eigenvalue weighted by Crippen LogP contribution is 2.44. The third-order valence-corrected chi connectivity index (χ3v) is 5.87. The zero-order valence-electron chi connectivity index (χ0n) is 11.8. The lowest BCUT2D eigenvalue weighted by Gasteiger charge is -2.49. The van der Waals surface area contributed by atoms with E-state index in [9.17, 15) is 4.79 Å². The number of hydrogen-bond donors (Lipinski definition) is 0. The van der Waals surface area contributed by atoms with Crippen LogP contribution in [-0.4, -0.2) is 29.3 Å². The zero-order valence-corrected chi connectivity index (χ0v) is 11.8. The van der Waals surface area contributed by atoms with Crippen molar-refractivity contribution in [3.63, 3.8) is 0 Å². The highest BCUT2D eigenvalue weighted by atomic mass is 16.1. The number of ketones is 1. The molecule has 1 aliphatic carbocycles. The zero-order chi connectivity index (χ0) is 12.6. The lowest BCUT2D eigenvalue weighted by Crippen LogP contribution is -2.55. The van der Waals surface area contributed by atoms with Gasteiger partial charge in [-0.3, -0.25) is 9.69 Å². The number of carbonyl (C=O) groups is 1. The van der Waals surface area contributed by atoms with Gasteiger partial charge >= 0.3 is 0 Å². The van der Waals surface area contributed by atoms with Gasteiger partial charge in [0.2, 0.25) is 0 Å². The molecule has 3 aliphatic rings. The van der Waals surface area contributed by atoms with Crippen LogP contribution in [0.2, 0.25) is 0 Å². The molecular weight excluding hydrogens is 222 g/mol. The van der Waals surface area contributed by atoms with Crippen LogP contribution in [0.15, 0.2) is 0 Å². The van der Waals surface area contributed by atoms with Crippen molar-refractivity contribution in [2.24, 2.45) is 5.41 Å². The van der Waals surface area contributed by atoms with Crippen LogP contribution < -0.4 is 0 Å². The van der Waals surface area contributed by atoms with Crippen molar-refractivity contribution < 1.29 is 4.79 Å². The third kappa shape index (κ3) is 2.24. The number of carbonyl (C=O) groups excluding carboxylic acids is 1. The Morgan fingerprint density at radius 1 is 1.11 bits per heavy atom. The molecule has 2 aliphatic heterocycles. The van der Waals surface area contributed by atoms with Gasteiger partial charge < -0.3 is 0 Å². The first-order valence-corrected chi connectivity index (χ1v) is 8.00. The molecular formula is C16H27NO. The van der Waals surface area contributed by atoms with Gasteiger partial charge in [0.1, 0.15) is 5.78 Å². The normalized spacial score (nSPS) is 35.9. The number of nitrogens with zero attached hydrogens (tertiary/aromatic N) is 1. The van der Waals surface area contributed by atoms with Crippen LogP contribution in [0.5, 0.6) is 0 Å². The summed E-state index contributed by atoms with van der Waals surface area (Å²) < 4.78 is 0. The van der Waals surface area contributed by atoms with Crippen LogP contribution in [0.3, 0.4) is 0 Å². The minimum absolute atomic E-state index is 0.526. The molecule has 2 heteroatoms. The van der Waals surface area contributed by atoms with E-state index in [0.717, 1.165) is 12.8 Å². The molecule has 0 aromatic carbocycles. The van der Waals surface area contributed by atoms with Gasteiger partial charge in [0.05, 0.1) is 0 Å². The first-order chi connectivity index (χ1) is 8.72. The fourth-order valence-corrected chi connectivity index (χ4v) is 4.66. The number of piperidine rings is 2. The maximum Gasteiger partial charge on any atom is 0.136 e. The van der Waals surface area contributed by atoms with E-state index in [1.165, 1.54) is 57.9 Å². The molecule has 2 unspecified atom stereocenters. The molecule has 0 amide bonds. The highest BCUT2D eigenvalue weighted by molar-refractivity contribution is 5.80. The second-order valence-electron chi connectivity index (χ2n) is 6.92. The number of hydrogen-bond acceptors (Lipinski definition) is 2. The highest BCUT2D eigenvalue weighted by Gasteiger charge is 2.42. The molecule has 3 rings (SSSR count). The van der Waals surface area contributed by atoms with Crippen LogP contribution >= 0.6 is 0 Å². The molecule has 0 aromatic heterocycles. The molecule has 2 heterocycles. The largest absolute Gasteiger partial charge is 0.300 e. The Labute approximate surface area is 111 Å². The Morgan fingerprint density at radius 3 is 2.28 bits per heavy atom. The van der Waals surface area contributed by atoms with Gasteiger partial charge in [-0.05, 0) is 37.5 Å². The Hall–Kier alpha value is -0.370. The minimum Gasteiger partial charge on any atom is -0.300 e. The first kappa shape index (κ1) is 12.7. The van der Waals surface area contributed by atoms with E-state index >= 15 is 0 Å².